The van der Waals surface area contributed by atoms with Gasteiger partial charge in [0, 0.05) is 23.5 Å². The number of aromatic hydroxyl groups is 1. The van der Waals surface area contributed by atoms with E-state index in [0.717, 1.165) is 39.7 Å². The lowest BCUT2D eigenvalue weighted by Crippen LogP contribution is -1.98. The molecule has 0 saturated heterocycles. The van der Waals surface area contributed by atoms with Crippen LogP contribution in [0.4, 0.5) is 11.5 Å². The fourth-order valence-electron chi connectivity index (χ4n) is 3.15. The van der Waals surface area contributed by atoms with Gasteiger partial charge in [-0.1, -0.05) is 12.1 Å². The third kappa shape index (κ3) is 3.20. The number of hydrogen-bond donors (Lipinski definition) is 2. The van der Waals surface area contributed by atoms with Gasteiger partial charge in [0.1, 0.15) is 22.9 Å². The quantitative estimate of drug-likeness (QED) is 0.526. The molecule has 0 aliphatic rings. The molecule has 0 radical (unpaired) electrons. The van der Waals surface area contributed by atoms with E-state index >= 15 is 0 Å². The van der Waals surface area contributed by atoms with Crippen LogP contribution in [0.15, 0.2) is 60.8 Å². The standard InChI is InChI=1S/C22H21N3O3/c1-14-7-10-20-24-21(15-8-9-19(28-3)18(26)11-15)22(25(20)13-14)23-16-5-4-6-17(12-16)27-2/h4-13,23,26H,1-3H3. The SMILES string of the molecule is COc1cccc(Nc2c(-c3ccc(OC)c(O)c3)nc3ccc(C)cn23)c1. The molecule has 0 bridgehead atoms. The second kappa shape index (κ2) is 7.15. The van der Waals surface area contributed by atoms with E-state index in [-0.39, 0.29) is 5.75 Å². The Morgan fingerprint density at radius 3 is 2.61 bits per heavy atom. The van der Waals surface area contributed by atoms with Crippen LogP contribution in [-0.4, -0.2) is 28.7 Å². The maximum absolute atomic E-state index is 10.2. The van der Waals surface area contributed by atoms with Crippen LogP contribution in [0.25, 0.3) is 16.9 Å². The fourth-order valence-corrected chi connectivity index (χ4v) is 3.15. The first-order valence-corrected chi connectivity index (χ1v) is 8.86. The van der Waals surface area contributed by atoms with E-state index in [1.165, 1.54) is 7.11 Å². The molecule has 4 rings (SSSR count). The third-order valence-electron chi connectivity index (χ3n) is 4.55. The summed E-state index contributed by atoms with van der Waals surface area (Å²) in [6.07, 6.45) is 2.03. The summed E-state index contributed by atoms with van der Waals surface area (Å²) in [6, 6.07) is 17.0. The molecule has 6 nitrogen and oxygen atoms in total. The molecule has 0 fully saturated rings. The topological polar surface area (TPSA) is 68.0 Å². The number of rotatable bonds is 5. The smallest absolute Gasteiger partial charge is 0.160 e. The maximum Gasteiger partial charge on any atom is 0.160 e. The number of methoxy groups -OCH3 is 2. The van der Waals surface area contributed by atoms with Crippen molar-refractivity contribution in [2.45, 2.75) is 6.92 Å². The zero-order valence-electron chi connectivity index (χ0n) is 15.9. The van der Waals surface area contributed by atoms with Crippen molar-refractivity contribution in [3.8, 4) is 28.5 Å². The molecule has 0 spiro atoms. The minimum atomic E-state index is 0.0700. The third-order valence-corrected chi connectivity index (χ3v) is 4.55. The van der Waals surface area contributed by atoms with E-state index in [4.69, 9.17) is 14.5 Å². The number of fused-ring (bicyclic) bond motifs is 1. The van der Waals surface area contributed by atoms with Crippen molar-refractivity contribution >= 4 is 17.2 Å². The predicted molar refractivity (Wildman–Crippen MR) is 110 cm³/mol. The molecule has 6 heteroatoms. The Hall–Kier alpha value is -3.67. The summed E-state index contributed by atoms with van der Waals surface area (Å²) in [5.74, 6) is 2.06. The molecule has 0 atom stereocenters. The van der Waals surface area contributed by atoms with Crippen molar-refractivity contribution in [2.75, 3.05) is 19.5 Å². The number of nitrogens with one attached hydrogen (secondary N) is 1. The van der Waals surface area contributed by atoms with E-state index in [9.17, 15) is 5.11 Å². The summed E-state index contributed by atoms with van der Waals surface area (Å²) in [5.41, 5.74) is 4.31. The summed E-state index contributed by atoms with van der Waals surface area (Å²) in [6.45, 7) is 2.04. The Bertz CT molecular complexity index is 1150. The number of ether oxygens (including phenoxy) is 2. The van der Waals surface area contributed by atoms with Crippen molar-refractivity contribution in [2.24, 2.45) is 0 Å². The van der Waals surface area contributed by atoms with Gasteiger partial charge in [-0.25, -0.2) is 4.98 Å². The van der Waals surface area contributed by atoms with Gasteiger partial charge >= 0.3 is 0 Å². The van der Waals surface area contributed by atoms with E-state index in [2.05, 4.69) is 5.32 Å². The highest BCUT2D eigenvalue weighted by Gasteiger charge is 2.16. The first-order valence-electron chi connectivity index (χ1n) is 8.86. The molecule has 2 aromatic heterocycles. The minimum Gasteiger partial charge on any atom is -0.504 e. The first kappa shape index (κ1) is 17.7. The van der Waals surface area contributed by atoms with Gasteiger partial charge in [-0.05, 0) is 48.9 Å². The predicted octanol–water partition coefficient (Wildman–Crippen LogP) is 4.78. The van der Waals surface area contributed by atoms with Crippen LogP contribution in [0.5, 0.6) is 17.2 Å². The Morgan fingerprint density at radius 1 is 1.00 bits per heavy atom. The highest BCUT2D eigenvalue weighted by molar-refractivity contribution is 5.81. The van der Waals surface area contributed by atoms with E-state index in [1.807, 2.05) is 60.0 Å². The van der Waals surface area contributed by atoms with Crippen molar-refractivity contribution in [1.29, 1.82) is 0 Å². The number of benzene rings is 2. The van der Waals surface area contributed by atoms with Gasteiger partial charge in [0.25, 0.3) is 0 Å². The minimum absolute atomic E-state index is 0.0700. The Balaban J connectivity index is 1.88. The Morgan fingerprint density at radius 2 is 1.86 bits per heavy atom. The molecule has 142 valence electrons. The fraction of sp³-hybridized carbons (Fsp3) is 0.136. The summed E-state index contributed by atoms with van der Waals surface area (Å²) >= 11 is 0. The van der Waals surface area contributed by atoms with Gasteiger partial charge < -0.3 is 19.9 Å². The van der Waals surface area contributed by atoms with Gasteiger partial charge in [0.05, 0.1) is 14.2 Å². The zero-order chi connectivity index (χ0) is 19.7. The van der Waals surface area contributed by atoms with Crippen molar-refractivity contribution < 1.29 is 14.6 Å². The lowest BCUT2D eigenvalue weighted by atomic mass is 10.1. The lowest BCUT2D eigenvalue weighted by molar-refractivity contribution is 0.373. The number of phenolic OH excluding ortho intramolecular Hbond substituents is 1. The summed E-state index contributed by atoms with van der Waals surface area (Å²) in [4.78, 5) is 4.78. The van der Waals surface area contributed by atoms with Gasteiger partial charge in [-0.15, -0.1) is 0 Å². The Labute approximate surface area is 163 Å². The molecule has 4 aromatic rings. The van der Waals surface area contributed by atoms with Gasteiger partial charge in [0.2, 0.25) is 0 Å². The van der Waals surface area contributed by atoms with Gasteiger partial charge in [-0.3, -0.25) is 4.40 Å². The number of anilines is 2. The van der Waals surface area contributed by atoms with E-state index in [0.29, 0.717) is 5.75 Å². The summed E-state index contributed by atoms with van der Waals surface area (Å²) < 4.78 is 12.5. The van der Waals surface area contributed by atoms with E-state index < -0.39 is 0 Å². The number of aromatic nitrogens is 2. The molecular weight excluding hydrogens is 354 g/mol. The van der Waals surface area contributed by atoms with Gasteiger partial charge in [0.15, 0.2) is 11.5 Å². The maximum atomic E-state index is 10.2. The van der Waals surface area contributed by atoms with Crippen LogP contribution in [0, 0.1) is 6.92 Å². The highest BCUT2D eigenvalue weighted by Crippen LogP contribution is 2.36. The second-order valence-electron chi connectivity index (χ2n) is 6.49. The molecule has 0 amide bonds. The van der Waals surface area contributed by atoms with Crippen LogP contribution >= 0.6 is 0 Å². The zero-order valence-corrected chi connectivity index (χ0v) is 15.9. The number of aryl methyl sites for hydroxylation is 1. The lowest BCUT2D eigenvalue weighted by Gasteiger charge is -2.11. The number of imidazole rings is 1. The van der Waals surface area contributed by atoms with Crippen LogP contribution < -0.4 is 14.8 Å². The Kier molecular flexibility index (Phi) is 4.53. The van der Waals surface area contributed by atoms with Crippen LogP contribution in [0.2, 0.25) is 0 Å². The molecule has 0 aliphatic heterocycles. The molecule has 28 heavy (non-hydrogen) atoms. The highest BCUT2D eigenvalue weighted by atomic mass is 16.5. The van der Waals surface area contributed by atoms with Crippen molar-refractivity contribution in [1.82, 2.24) is 9.38 Å². The molecule has 0 unspecified atom stereocenters. The normalized spacial score (nSPS) is 10.8. The van der Waals surface area contributed by atoms with Crippen LogP contribution in [-0.2, 0) is 0 Å². The van der Waals surface area contributed by atoms with Crippen LogP contribution in [0.3, 0.4) is 0 Å². The number of hydrogen-bond acceptors (Lipinski definition) is 5. The molecule has 2 N–H and O–H groups in total. The largest absolute Gasteiger partial charge is 0.504 e. The monoisotopic (exact) mass is 375 g/mol. The average molecular weight is 375 g/mol. The van der Waals surface area contributed by atoms with E-state index in [1.54, 1.807) is 19.2 Å². The molecule has 2 heterocycles. The summed E-state index contributed by atoms with van der Waals surface area (Å²) in [7, 11) is 3.17. The first-order chi connectivity index (χ1) is 13.6. The molecular formula is C22H21N3O3. The molecule has 2 aromatic carbocycles. The average Bonchev–Trinajstić information content (AvgIpc) is 3.05. The number of phenols is 1. The second-order valence-corrected chi connectivity index (χ2v) is 6.49. The molecule has 0 aliphatic carbocycles. The van der Waals surface area contributed by atoms with Gasteiger partial charge in [-0.2, -0.15) is 0 Å². The summed E-state index contributed by atoms with van der Waals surface area (Å²) in [5, 5.41) is 13.7. The number of pyridine rings is 1. The van der Waals surface area contributed by atoms with Crippen molar-refractivity contribution in [3.63, 3.8) is 0 Å². The van der Waals surface area contributed by atoms with Crippen LogP contribution in [0.1, 0.15) is 5.56 Å². The number of nitrogens with zero attached hydrogens (tertiary/aromatic N) is 2. The van der Waals surface area contributed by atoms with Crippen molar-refractivity contribution in [3.05, 3.63) is 66.4 Å². The molecule has 0 saturated carbocycles.